The minimum absolute atomic E-state index is 0.120. The summed E-state index contributed by atoms with van der Waals surface area (Å²) in [6.07, 6.45) is 7.11. The fourth-order valence-electron chi connectivity index (χ4n) is 4.91. The van der Waals surface area contributed by atoms with Crippen LogP contribution in [0.1, 0.15) is 48.9 Å². The van der Waals surface area contributed by atoms with E-state index in [0.717, 1.165) is 19.3 Å². The molecule has 1 amide bonds. The first kappa shape index (κ1) is 23.5. The maximum atomic E-state index is 13.4. The number of halogens is 2. The van der Waals surface area contributed by atoms with Gasteiger partial charge in [0.1, 0.15) is 17.2 Å². The van der Waals surface area contributed by atoms with Crippen LogP contribution in [0.5, 0.6) is 0 Å². The number of aliphatic hydroxyl groups excluding tert-OH is 2. The van der Waals surface area contributed by atoms with Gasteiger partial charge in [-0.15, -0.1) is 0 Å². The van der Waals surface area contributed by atoms with Gasteiger partial charge in [-0.05, 0) is 37.8 Å². The Hall–Kier alpha value is -3.25. The van der Waals surface area contributed by atoms with E-state index >= 15 is 0 Å². The Morgan fingerprint density at radius 2 is 2.06 bits per heavy atom. The maximum Gasteiger partial charge on any atom is 0.256 e. The number of carbonyl (C=O) groups is 1. The Labute approximate surface area is 200 Å². The van der Waals surface area contributed by atoms with Gasteiger partial charge in [0.15, 0.2) is 11.9 Å². The zero-order valence-electron chi connectivity index (χ0n) is 19.3. The first-order chi connectivity index (χ1) is 16.7. The number of hydrogen-bond acceptors (Lipinski definition) is 8. The SMILES string of the molecule is CNc1cc(NC2=CC=CN(C3CC(F)(F)C3)C2O)nc2c(C(=O)N[C@@H]3CCC[C@@H](O)C3)cnn12. The number of alkyl halides is 2. The van der Waals surface area contributed by atoms with E-state index in [0.29, 0.717) is 29.4 Å². The smallest absolute Gasteiger partial charge is 0.256 e. The summed E-state index contributed by atoms with van der Waals surface area (Å²) in [5, 5.41) is 34.0. The maximum absolute atomic E-state index is 13.4. The van der Waals surface area contributed by atoms with Crippen LogP contribution in [0.25, 0.3) is 5.65 Å². The van der Waals surface area contributed by atoms with E-state index < -0.39 is 24.3 Å². The first-order valence-electron chi connectivity index (χ1n) is 11.8. The van der Waals surface area contributed by atoms with Crippen molar-refractivity contribution >= 4 is 23.2 Å². The number of amides is 1. The Kier molecular flexibility index (Phi) is 6.09. The second-order valence-corrected chi connectivity index (χ2v) is 9.39. The normalized spacial score (nSPS) is 26.3. The number of aromatic nitrogens is 3. The molecule has 0 aromatic carbocycles. The zero-order valence-corrected chi connectivity index (χ0v) is 19.3. The van der Waals surface area contributed by atoms with Crippen molar-refractivity contribution in [3.8, 4) is 0 Å². The van der Waals surface area contributed by atoms with Crippen molar-refractivity contribution in [2.45, 2.75) is 68.9 Å². The molecule has 12 heteroatoms. The first-order valence-corrected chi connectivity index (χ1v) is 11.8. The summed E-state index contributed by atoms with van der Waals surface area (Å²) in [4.78, 5) is 19.1. The number of carbonyl (C=O) groups excluding carboxylic acids is 1. The minimum atomic E-state index is -2.70. The topological polar surface area (TPSA) is 127 Å². The lowest BCUT2D eigenvalue weighted by molar-refractivity contribution is -0.136. The van der Waals surface area contributed by atoms with Crippen molar-refractivity contribution in [2.24, 2.45) is 0 Å². The summed E-state index contributed by atoms with van der Waals surface area (Å²) in [5.74, 6) is -2.12. The zero-order chi connectivity index (χ0) is 24.7. The van der Waals surface area contributed by atoms with Crippen molar-refractivity contribution < 1.29 is 23.8 Å². The largest absolute Gasteiger partial charge is 0.393 e. The standard InChI is InChI=1S/C23H29F2N7O3/c1-26-19-9-18(29-17-6-3-7-31(22(17)35)14-10-23(24,25)11-14)30-20-16(12-27-32(19)20)21(34)28-13-4-2-5-15(33)8-13/h3,6-7,9,12-15,22,26,33,35H,2,4-5,8,10-11H2,1H3,(H,28,34)(H,29,30)/t13-,15-,22?/m1/s1. The summed E-state index contributed by atoms with van der Waals surface area (Å²) in [5.41, 5.74) is 0.968. The van der Waals surface area contributed by atoms with Crippen LogP contribution in [0, 0.1) is 0 Å². The van der Waals surface area contributed by atoms with E-state index in [1.165, 1.54) is 15.6 Å². The molecule has 10 nitrogen and oxygen atoms in total. The fraction of sp³-hybridized carbons (Fsp3) is 0.522. The summed E-state index contributed by atoms with van der Waals surface area (Å²) in [7, 11) is 1.71. The van der Waals surface area contributed by atoms with Gasteiger partial charge in [0.2, 0.25) is 0 Å². The molecule has 1 unspecified atom stereocenters. The lowest BCUT2D eigenvalue weighted by atomic mass is 9.86. The summed E-state index contributed by atoms with van der Waals surface area (Å²) < 4.78 is 28.2. The summed E-state index contributed by atoms with van der Waals surface area (Å²) in [6, 6.07) is 1.10. The lowest BCUT2D eigenvalue weighted by Crippen LogP contribution is -2.53. The van der Waals surface area contributed by atoms with Crippen molar-refractivity contribution in [1.82, 2.24) is 24.8 Å². The van der Waals surface area contributed by atoms with Crippen LogP contribution in [0.4, 0.5) is 20.4 Å². The van der Waals surface area contributed by atoms with E-state index in [1.54, 1.807) is 31.5 Å². The highest BCUT2D eigenvalue weighted by molar-refractivity contribution is 6.00. The van der Waals surface area contributed by atoms with Gasteiger partial charge in [0.05, 0.1) is 18.0 Å². The number of rotatable bonds is 6. The molecule has 0 bridgehead atoms. The molecule has 188 valence electrons. The van der Waals surface area contributed by atoms with Crippen molar-refractivity contribution in [3.05, 3.63) is 41.9 Å². The van der Waals surface area contributed by atoms with Crippen LogP contribution in [-0.2, 0) is 0 Å². The summed E-state index contributed by atoms with van der Waals surface area (Å²) >= 11 is 0. The molecule has 2 saturated carbocycles. The molecule has 3 heterocycles. The number of nitrogens with zero attached hydrogens (tertiary/aromatic N) is 4. The molecule has 2 aromatic rings. The molecule has 5 N–H and O–H groups in total. The highest BCUT2D eigenvalue weighted by Gasteiger charge is 2.49. The molecule has 0 radical (unpaired) electrons. The van der Waals surface area contributed by atoms with Gasteiger partial charge in [-0.25, -0.2) is 13.8 Å². The molecule has 2 fully saturated rings. The number of anilines is 2. The minimum Gasteiger partial charge on any atom is -0.393 e. The highest BCUT2D eigenvalue weighted by atomic mass is 19.3. The third-order valence-electron chi connectivity index (χ3n) is 6.81. The second-order valence-electron chi connectivity index (χ2n) is 9.39. The van der Waals surface area contributed by atoms with Gasteiger partial charge in [0, 0.05) is 44.2 Å². The molecule has 3 aliphatic rings. The number of nitrogens with one attached hydrogen (secondary N) is 3. The van der Waals surface area contributed by atoms with Gasteiger partial charge in [-0.1, -0.05) is 0 Å². The van der Waals surface area contributed by atoms with Gasteiger partial charge in [0.25, 0.3) is 11.8 Å². The van der Waals surface area contributed by atoms with E-state index in [2.05, 4.69) is 26.0 Å². The van der Waals surface area contributed by atoms with Crippen LogP contribution in [-0.4, -0.2) is 73.0 Å². The van der Waals surface area contributed by atoms with E-state index in [9.17, 15) is 23.8 Å². The van der Waals surface area contributed by atoms with Crippen LogP contribution in [0.3, 0.4) is 0 Å². The molecule has 1 aliphatic heterocycles. The molecule has 2 aromatic heterocycles. The quantitative estimate of drug-likeness (QED) is 0.417. The predicted octanol–water partition coefficient (Wildman–Crippen LogP) is 2.05. The monoisotopic (exact) mass is 489 g/mol. The molecule has 35 heavy (non-hydrogen) atoms. The van der Waals surface area contributed by atoms with Crippen LogP contribution in [0.2, 0.25) is 0 Å². The third-order valence-corrected chi connectivity index (χ3v) is 6.81. The molecular formula is C23H29F2N7O3. The molecule has 3 atom stereocenters. The third kappa shape index (κ3) is 4.67. The van der Waals surface area contributed by atoms with E-state index in [1.807, 2.05) is 0 Å². The van der Waals surface area contributed by atoms with Crippen LogP contribution >= 0.6 is 0 Å². The van der Waals surface area contributed by atoms with Crippen molar-refractivity contribution in [2.75, 3.05) is 17.7 Å². The Bertz CT molecular complexity index is 1170. The van der Waals surface area contributed by atoms with Gasteiger partial charge < -0.3 is 31.1 Å². The second kappa shape index (κ2) is 9.08. The predicted molar refractivity (Wildman–Crippen MR) is 125 cm³/mol. The fourth-order valence-corrected chi connectivity index (χ4v) is 4.91. The number of hydrogen-bond donors (Lipinski definition) is 5. The van der Waals surface area contributed by atoms with Gasteiger partial charge >= 0.3 is 0 Å². The van der Waals surface area contributed by atoms with Crippen LogP contribution in [0.15, 0.2) is 36.3 Å². The Balaban J connectivity index is 1.36. The van der Waals surface area contributed by atoms with Crippen molar-refractivity contribution in [3.63, 3.8) is 0 Å². The van der Waals surface area contributed by atoms with E-state index in [4.69, 9.17) is 0 Å². The molecule has 0 saturated heterocycles. The molecule has 0 spiro atoms. The van der Waals surface area contributed by atoms with Crippen LogP contribution < -0.4 is 16.0 Å². The highest BCUT2D eigenvalue weighted by Crippen LogP contribution is 2.42. The molecular weight excluding hydrogens is 460 g/mol. The number of aliphatic hydroxyl groups is 2. The van der Waals surface area contributed by atoms with E-state index in [-0.39, 0.29) is 30.4 Å². The lowest BCUT2D eigenvalue weighted by Gasteiger charge is -2.45. The average Bonchev–Trinajstić information content (AvgIpc) is 3.22. The van der Waals surface area contributed by atoms with Gasteiger partial charge in [-0.2, -0.15) is 9.61 Å². The number of allylic oxidation sites excluding steroid dienone is 2. The van der Waals surface area contributed by atoms with Gasteiger partial charge in [-0.3, -0.25) is 4.79 Å². The Morgan fingerprint density at radius 3 is 2.77 bits per heavy atom. The Morgan fingerprint density at radius 1 is 1.26 bits per heavy atom. The van der Waals surface area contributed by atoms with Crippen molar-refractivity contribution in [1.29, 1.82) is 0 Å². The summed E-state index contributed by atoms with van der Waals surface area (Å²) in [6.45, 7) is 0. The molecule has 5 rings (SSSR count). The average molecular weight is 490 g/mol. The molecule has 2 aliphatic carbocycles. The number of fused-ring (bicyclic) bond motifs is 1.